The van der Waals surface area contributed by atoms with Gasteiger partial charge in [-0.2, -0.15) is 0 Å². The van der Waals surface area contributed by atoms with Gasteiger partial charge in [0.15, 0.2) is 0 Å². The summed E-state index contributed by atoms with van der Waals surface area (Å²) in [6, 6.07) is 3.34. The zero-order valence-corrected chi connectivity index (χ0v) is 11.9. The van der Waals surface area contributed by atoms with Gasteiger partial charge in [-0.3, -0.25) is 9.59 Å². The van der Waals surface area contributed by atoms with Crippen LogP contribution in [0.2, 0.25) is 0 Å². The number of halogens is 1. The van der Waals surface area contributed by atoms with Gasteiger partial charge in [-0.25, -0.2) is 4.98 Å². The lowest BCUT2D eigenvalue weighted by atomic mass is 10.2. The molecule has 0 aliphatic carbocycles. The van der Waals surface area contributed by atoms with Crippen LogP contribution < -0.4 is 0 Å². The van der Waals surface area contributed by atoms with E-state index >= 15 is 0 Å². The second kappa shape index (κ2) is 7.10. The van der Waals surface area contributed by atoms with Crippen molar-refractivity contribution in [3.05, 3.63) is 28.5 Å². The molecule has 1 heterocycles. The van der Waals surface area contributed by atoms with Crippen LogP contribution in [0.15, 0.2) is 22.9 Å². The summed E-state index contributed by atoms with van der Waals surface area (Å²) in [6.07, 6.45) is 1.59. The Hall–Kier alpha value is -1.43. The molecule has 0 saturated carbocycles. The van der Waals surface area contributed by atoms with Crippen molar-refractivity contribution in [2.75, 3.05) is 19.7 Å². The fourth-order valence-electron chi connectivity index (χ4n) is 1.41. The Morgan fingerprint density at radius 3 is 2.72 bits per heavy atom. The SMILES string of the molecule is CCOC(=O)CN(CC)C(=O)c1cccnc1Br. The Morgan fingerprint density at radius 2 is 2.17 bits per heavy atom. The molecule has 0 spiro atoms. The van der Waals surface area contributed by atoms with Crippen LogP contribution in [0.5, 0.6) is 0 Å². The molecule has 0 N–H and O–H groups in total. The summed E-state index contributed by atoms with van der Waals surface area (Å²) < 4.78 is 5.30. The number of nitrogens with zero attached hydrogens (tertiary/aromatic N) is 2. The average Bonchev–Trinajstić information content (AvgIpc) is 2.36. The van der Waals surface area contributed by atoms with E-state index in [1.807, 2.05) is 0 Å². The predicted molar refractivity (Wildman–Crippen MR) is 70.1 cm³/mol. The molecule has 0 aliphatic rings. The lowest BCUT2D eigenvalue weighted by molar-refractivity contribution is -0.143. The van der Waals surface area contributed by atoms with Crippen molar-refractivity contribution in [3.8, 4) is 0 Å². The standard InChI is InChI=1S/C12H15BrN2O3/c1-3-15(8-10(16)18-4-2)12(17)9-6-5-7-14-11(9)13/h5-7H,3-4,8H2,1-2H3. The maximum atomic E-state index is 12.2. The van der Waals surface area contributed by atoms with Crippen LogP contribution in [0.4, 0.5) is 0 Å². The van der Waals surface area contributed by atoms with Crippen molar-refractivity contribution in [1.29, 1.82) is 0 Å². The van der Waals surface area contributed by atoms with E-state index in [9.17, 15) is 9.59 Å². The van der Waals surface area contributed by atoms with Crippen LogP contribution in [-0.2, 0) is 9.53 Å². The monoisotopic (exact) mass is 314 g/mol. The number of likely N-dealkylation sites (N-methyl/N-ethyl adjacent to an activating group) is 1. The number of rotatable bonds is 5. The van der Waals surface area contributed by atoms with E-state index in [1.165, 1.54) is 4.90 Å². The molecule has 1 amide bonds. The zero-order chi connectivity index (χ0) is 13.5. The van der Waals surface area contributed by atoms with Gasteiger partial charge in [0.05, 0.1) is 12.2 Å². The van der Waals surface area contributed by atoms with Crippen molar-refractivity contribution < 1.29 is 14.3 Å². The van der Waals surface area contributed by atoms with E-state index in [-0.39, 0.29) is 12.5 Å². The number of amides is 1. The molecule has 0 unspecified atom stereocenters. The molecule has 5 nitrogen and oxygen atoms in total. The van der Waals surface area contributed by atoms with Crippen LogP contribution in [0.1, 0.15) is 24.2 Å². The van der Waals surface area contributed by atoms with E-state index in [4.69, 9.17) is 4.74 Å². The van der Waals surface area contributed by atoms with E-state index < -0.39 is 5.97 Å². The summed E-state index contributed by atoms with van der Waals surface area (Å²) in [5, 5.41) is 0. The van der Waals surface area contributed by atoms with Crippen molar-refractivity contribution >= 4 is 27.8 Å². The molecule has 6 heteroatoms. The summed E-state index contributed by atoms with van der Waals surface area (Å²) >= 11 is 3.22. The van der Waals surface area contributed by atoms with Gasteiger partial charge >= 0.3 is 5.97 Å². The number of esters is 1. The normalized spacial score (nSPS) is 9.94. The van der Waals surface area contributed by atoms with Gasteiger partial charge in [-0.1, -0.05) is 0 Å². The van der Waals surface area contributed by atoms with E-state index in [0.29, 0.717) is 23.3 Å². The smallest absolute Gasteiger partial charge is 0.325 e. The summed E-state index contributed by atoms with van der Waals surface area (Å²) in [5.41, 5.74) is 0.434. The van der Waals surface area contributed by atoms with Crippen molar-refractivity contribution in [2.24, 2.45) is 0 Å². The first-order valence-electron chi connectivity index (χ1n) is 5.65. The lowest BCUT2D eigenvalue weighted by Crippen LogP contribution is -2.36. The van der Waals surface area contributed by atoms with Gasteiger partial charge < -0.3 is 9.64 Å². The number of hydrogen-bond acceptors (Lipinski definition) is 4. The van der Waals surface area contributed by atoms with Gasteiger partial charge in [0, 0.05) is 12.7 Å². The van der Waals surface area contributed by atoms with Crippen LogP contribution >= 0.6 is 15.9 Å². The molecule has 0 aliphatic heterocycles. The Bertz CT molecular complexity index is 437. The number of aromatic nitrogens is 1. The minimum absolute atomic E-state index is 0.0511. The van der Waals surface area contributed by atoms with Crippen LogP contribution in [0, 0.1) is 0 Å². The molecule has 1 rings (SSSR count). The third-order valence-corrected chi connectivity index (χ3v) is 2.92. The molecule has 0 bridgehead atoms. The van der Waals surface area contributed by atoms with Crippen LogP contribution in [0.25, 0.3) is 0 Å². The molecular formula is C12H15BrN2O3. The lowest BCUT2D eigenvalue weighted by Gasteiger charge is -2.20. The summed E-state index contributed by atoms with van der Waals surface area (Å²) in [5.74, 6) is -0.654. The van der Waals surface area contributed by atoms with E-state index in [1.54, 1.807) is 32.2 Å². The highest BCUT2D eigenvalue weighted by atomic mass is 79.9. The molecular weight excluding hydrogens is 300 g/mol. The Labute approximate surface area is 114 Å². The Morgan fingerprint density at radius 1 is 1.44 bits per heavy atom. The fourth-order valence-corrected chi connectivity index (χ4v) is 1.83. The van der Waals surface area contributed by atoms with Crippen molar-refractivity contribution in [3.63, 3.8) is 0 Å². The summed E-state index contributed by atoms with van der Waals surface area (Å²) in [6.45, 7) is 4.22. The van der Waals surface area contributed by atoms with Gasteiger partial charge in [-0.05, 0) is 41.9 Å². The average molecular weight is 315 g/mol. The number of carbonyl (C=O) groups excluding carboxylic acids is 2. The Kier molecular flexibility index (Phi) is 5.77. The highest BCUT2D eigenvalue weighted by Crippen LogP contribution is 2.15. The maximum absolute atomic E-state index is 12.2. The first-order chi connectivity index (χ1) is 8.60. The molecule has 98 valence electrons. The minimum Gasteiger partial charge on any atom is -0.465 e. The molecule has 1 aromatic rings. The number of hydrogen-bond donors (Lipinski definition) is 0. The van der Waals surface area contributed by atoms with Crippen molar-refractivity contribution in [2.45, 2.75) is 13.8 Å². The van der Waals surface area contributed by atoms with Gasteiger partial charge in [0.25, 0.3) is 5.91 Å². The predicted octanol–water partition coefficient (Wildman–Crippen LogP) is 1.87. The first kappa shape index (κ1) is 14.6. The van der Waals surface area contributed by atoms with E-state index in [0.717, 1.165) is 0 Å². The van der Waals surface area contributed by atoms with Crippen LogP contribution in [0.3, 0.4) is 0 Å². The fraction of sp³-hybridized carbons (Fsp3) is 0.417. The third kappa shape index (κ3) is 3.80. The van der Waals surface area contributed by atoms with Crippen molar-refractivity contribution in [1.82, 2.24) is 9.88 Å². The Balaban J connectivity index is 2.80. The molecule has 1 aromatic heterocycles. The third-order valence-electron chi connectivity index (χ3n) is 2.28. The zero-order valence-electron chi connectivity index (χ0n) is 10.4. The highest BCUT2D eigenvalue weighted by Gasteiger charge is 2.20. The number of ether oxygens (including phenoxy) is 1. The van der Waals surface area contributed by atoms with Gasteiger partial charge in [0.2, 0.25) is 0 Å². The molecule has 0 saturated heterocycles. The maximum Gasteiger partial charge on any atom is 0.325 e. The molecule has 0 aromatic carbocycles. The molecule has 0 fully saturated rings. The summed E-state index contributed by atoms with van der Waals surface area (Å²) in [7, 11) is 0. The largest absolute Gasteiger partial charge is 0.465 e. The van der Waals surface area contributed by atoms with Crippen LogP contribution in [-0.4, -0.2) is 41.5 Å². The van der Waals surface area contributed by atoms with Gasteiger partial charge in [-0.15, -0.1) is 0 Å². The molecule has 0 atom stereocenters. The number of carbonyl (C=O) groups is 2. The summed E-state index contributed by atoms with van der Waals surface area (Å²) in [4.78, 5) is 29.0. The topological polar surface area (TPSA) is 59.5 Å². The molecule has 0 radical (unpaired) electrons. The number of pyridine rings is 1. The highest BCUT2D eigenvalue weighted by molar-refractivity contribution is 9.10. The first-order valence-corrected chi connectivity index (χ1v) is 6.44. The molecule has 18 heavy (non-hydrogen) atoms. The second-order valence-corrected chi connectivity index (χ2v) is 4.22. The quantitative estimate of drug-likeness (QED) is 0.615. The minimum atomic E-state index is -0.410. The second-order valence-electron chi connectivity index (χ2n) is 3.47. The van der Waals surface area contributed by atoms with E-state index in [2.05, 4.69) is 20.9 Å². The van der Waals surface area contributed by atoms with Gasteiger partial charge in [0.1, 0.15) is 11.1 Å².